The van der Waals surface area contributed by atoms with E-state index in [2.05, 4.69) is 207 Å². The summed E-state index contributed by atoms with van der Waals surface area (Å²) in [6.07, 6.45) is 0. The minimum atomic E-state index is -0.193. The number of benzene rings is 9. The molecule has 2 aliphatic heterocycles. The fourth-order valence-corrected chi connectivity index (χ4v) is 13.7. The molecule has 286 valence electrons. The third-order valence-corrected chi connectivity index (χ3v) is 16.1. The molecule has 11 aromatic rings. The van der Waals surface area contributed by atoms with Gasteiger partial charge in [0.25, 0.3) is 0 Å². The number of anilines is 6. The Hall–Kier alpha value is -6.46. The van der Waals surface area contributed by atoms with Crippen molar-refractivity contribution < 1.29 is 0 Å². The summed E-state index contributed by atoms with van der Waals surface area (Å²) in [5.74, 6) is 0. The second-order valence-corrected chi connectivity index (χ2v) is 19.8. The Morgan fingerprint density at radius 3 is 1.20 bits per heavy atom. The topological polar surface area (TPSA) is 6.48 Å². The van der Waals surface area contributed by atoms with Crippen LogP contribution in [0.4, 0.5) is 34.1 Å². The first-order chi connectivity index (χ1) is 29.3. The molecule has 13 rings (SSSR count). The molecule has 0 atom stereocenters. The maximum atomic E-state index is 2.50. The largest absolute Gasteiger partial charge is 0.310 e. The Kier molecular flexibility index (Phi) is 6.92. The Morgan fingerprint density at radius 1 is 0.350 bits per heavy atom. The number of fused-ring (bicyclic) bond motifs is 14. The van der Waals surface area contributed by atoms with E-state index < -0.39 is 0 Å². The monoisotopic (exact) mass is 804 g/mol. The highest BCUT2D eigenvalue weighted by Crippen LogP contribution is 2.59. The molecule has 2 nitrogen and oxygen atoms in total. The van der Waals surface area contributed by atoms with E-state index in [9.17, 15) is 0 Å². The van der Waals surface area contributed by atoms with Crippen LogP contribution in [0.5, 0.6) is 0 Å². The van der Waals surface area contributed by atoms with Crippen LogP contribution in [0.15, 0.2) is 170 Å². The standard InChI is InChI=1S/C56H40N2S2/c1-55(2)43-17-9-11-19-45(43)57(37-23-21-33-13-5-7-15-35(33)29-37)47-27-25-39-41-31-50-42(32-49(41)59-53(39)51(47)55)40-26-28-48-52(54(40)60-50)56(3,4)44-18-10-12-20-46(44)58(48)38-24-22-34-14-6-8-16-36(34)30-38/h5-32H,1-4H3. The smallest absolute Gasteiger partial charge is 0.0517 e. The van der Waals surface area contributed by atoms with Crippen LogP contribution in [-0.4, -0.2) is 0 Å². The Morgan fingerprint density at radius 2 is 0.750 bits per heavy atom. The molecule has 0 N–H and O–H groups in total. The summed E-state index contributed by atoms with van der Waals surface area (Å²) in [6, 6.07) is 63.8. The van der Waals surface area contributed by atoms with E-state index in [4.69, 9.17) is 0 Å². The van der Waals surface area contributed by atoms with Gasteiger partial charge in [-0.3, -0.25) is 0 Å². The van der Waals surface area contributed by atoms with E-state index in [0.717, 1.165) is 0 Å². The van der Waals surface area contributed by atoms with Gasteiger partial charge in [-0.2, -0.15) is 0 Å². The lowest BCUT2D eigenvalue weighted by atomic mass is 9.73. The molecule has 0 aliphatic carbocycles. The van der Waals surface area contributed by atoms with Gasteiger partial charge in [0.05, 0.1) is 22.7 Å². The van der Waals surface area contributed by atoms with Crippen LogP contribution >= 0.6 is 22.7 Å². The van der Waals surface area contributed by atoms with Crippen molar-refractivity contribution in [2.45, 2.75) is 38.5 Å². The summed E-state index contributed by atoms with van der Waals surface area (Å²) in [7, 11) is 0. The van der Waals surface area contributed by atoms with Crippen molar-refractivity contribution in [1.82, 2.24) is 0 Å². The lowest BCUT2D eigenvalue weighted by Crippen LogP contribution is -2.30. The van der Waals surface area contributed by atoms with Gasteiger partial charge in [-0.25, -0.2) is 0 Å². The predicted octanol–water partition coefficient (Wildman–Crippen LogP) is 16.9. The molecule has 0 saturated carbocycles. The van der Waals surface area contributed by atoms with E-state index in [1.807, 2.05) is 22.7 Å². The molecule has 4 heteroatoms. The highest BCUT2D eigenvalue weighted by molar-refractivity contribution is 7.27. The quantitative estimate of drug-likeness (QED) is 0.172. The molecule has 0 radical (unpaired) electrons. The van der Waals surface area contributed by atoms with Crippen molar-refractivity contribution >= 4 is 119 Å². The number of rotatable bonds is 2. The minimum Gasteiger partial charge on any atom is -0.310 e. The lowest BCUT2D eigenvalue weighted by Gasteiger charge is -2.42. The highest BCUT2D eigenvalue weighted by atomic mass is 32.1. The SMILES string of the molecule is CC1(C)c2ccccc2N(c2ccc3ccccc3c2)c2ccc3c(sc4cc5c(cc43)sc3c4c(ccc35)N(c3ccc5ccccc5c3)c3ccccc3C4(C)C)c21. The van der Waals surface area contributed by atoms with Crippen LogP contribution in [0, 0.1) is 0 Å². The molecule has 0 fully saturated rings. The molecule has 0 saturated heterocycles. The van der Waals surface area contributed by atoms with Gasteiger partial charge in [0.1, 0.15) is 0 Å². The van der Waals surface area contributed by atoms with Crippen LogP contribution in [0.25, 0.3) is 61.9 Å². The molecule has 0 unspecified atom stereocenters. The molecule has 0 bridgehead atoms. The first-order valence-corrected chi connectivity index (χ1v) is 22.6. The Bertz CT molecular complexity index is 3400. The summed E-state index contributed by atoms with van der Waals surface area (Å²) < 4.78 is 5.46. The van der Waals surface area contributed by atoms with Crippen LogP contribution in [0.2, 0.25) is 0 Å². The normalized spacial score (nSPS) is 15.2. The minimum absolute atomic E-state index is 0.193. The van der Waals surface area contributed by atoms with E-state index in [-0.39, 0.29) is 10.8 Å². The van der Waals surface area contributed by atoms with Gasteiger partial charge >= 0.3 is 0 Å². The zero-order valence-corrected chi connectivity index (χ0v) is 35.5. The molecular formula is C56H40N2S2. The molecule has 9 aromatic carbocycles. The highest BCUT2D eigenvalue weighted by Gasteiger charge is 2.41. The van der Waals surface area contributed by atoms with Crippen LogP contribution in [0.3, 0.4) is 0 Å². The van der Waals surface area contributed by atoms with E-state index in [1.54, 1.807) is 0 Å². The second kappa shape index (κ2) is 12.1. The molecule has 60 heavy (non-hydrogen) atoms. The summed E-state index contributed by atoms with van der Waals surface area (Å²) >= 11 is 3.93. The third-order valence-electron chi connectivity index (χ3n) is 13.7. The Labute approximate surface area is 357 Å². The van der Waals surface area contributed by atoms with Crippen LogP contribution in [-0.2, 0) is 10.8 Å². The average Bonchev–Trinajstić information content (AvgIpc) is 3.82. The van der Waals surface area contributed by atoms with Crippen molar-refractivity contribution in [2.75, 3.05) is 9.80 Å². The number of para-hydroxylation sites is 2. The number of hydrogen-bond donors (Lipinski definition) is 0. The van der Waals surface area contributed by atoms with Crippen molar-refractivity contribution in [2.24, 2.45) is 0 Å². The van der Waals surface area contributed by atoms with Crippen molar-refractivity contribution in [1.29, 1.82) is 0 Å². The summed E-state index contributed by atoms with van der Waals surface area (Å²) in [4.78, 5) is 5.00. The zero-order valence-electron chi connectivity index (χ0n) is 33.9. The molecular weight excluding hydrogens is 765 g/mol. The predicted molar refractivity (Wildman–Crippen MR) is 261 cm³/mol. The van der Waals surface area contributed by atoms with Crippen LogP contribution < -0.4 is 9.80 Å². The maximum absolute atomic E-state index is 2.50. The summed E-state index contributed by atoms with van der Waals surface area (Å²) in [5.41, 5.74) is 12.6. The molecule has 0 spiro atoms. The molecule has 2 aliphatic rings. The van der Waals surface area contributed by atoms with Gasteiger partial charge in [0.2, 0.25) is 0 Å². The van der Waals surface area contributed by atoms with E-state index >= 15 is 0 Å². The fraction of sp³-hybridized carbons (Fsp3) is 0.107. The van der Waals surface area contributed by atoms with Gasteiger partial charge in [-0.1, -0.05) is 137 Å². The lowest BCUT2D eigenvalue weighted by molar-refractivity contribution is 0.639. The summed E-state index contributed by atoms with van der Waals surface area (Å²) in [5, 5.41) is 10.4. The molecule has 2 aromatic heterocycles. The maximum Gasteiger partial charge on any atom is 0.0517 e. The first kappa shape index (κ1) is 34.4. The third kappa shape index (κ3) is 4.58. The zero-order chi connectivity index (χ0) is 40.1. The van der Waals surface area contributed by atoms with Crippen molar-refractivity contribution in [3.63, 3.8) is 0 Å². The van der Waals surface area contributed by atoms with Gasteiger partial charge in [-0.15, -0.1) is 22.7 Å². The van der Waals surface area contributed by atoms with Gasteiger partial charge in [-0.05, 0) is 93.3 Å². The van der Waals surface area contributed by atoms with Crippen molar-refractivity contribution in [3.05, 3.63) is 192 Å². The molecule has 4 heterocycles. The fourth-order valence-electron chi connectivity index (χ4n) is 10.8. The number of thiophene rings is 2. The van der Waals surface area contributed by atoms with Crippen molar-refractivity contribution in [3.8, 4) is 0 Å². The van der Waals surface area contributed by atoms with Gasteiger partial charge < -0.3 is 9.80 Å². The van der Waals surface area contributed by atoms with E-state index in [0.29, 0.717) is 0 Å². The number of hydrogen-bond acceptors (Lipinski definition) is 4. The number of nitrogens with zero attached hydrogens (tertiary/aromatic N) is 2. The summed E-state index contributed by atoms with van der Waals surface area (Å²) in [6.45, 7) is 9.68. The first-order valence-electron chi connectivity index (χ1n) is 20.9. The Balaban J connectivity index is 1.02. The molecule has 0 amide bonds. The van der Waals surface area contributed by atoms with Gasteiger partial charge in [0, 0.05) is 73.7 Å². The average molecular weight is 805 g/mol. The van der Waals surface area contributed by atoms with E-state index in [1.165, 1.54) is 118 Å². The second-order valence-electron chi connectivity index (χ2n) is 17.7. The van der Waals surface area contributed by atoms with Gasteiger partial charge in [0.15, 0.2) is 0 Å². The van der Waals surface area contributed by atoms with Crippen LogP contribution in [0.1, 0.15) is 49.9 Å².